The molecule has 8 nitrogen and oxygen atoms in total. The summed E-state index contributed by atoms with van der Waals surface area (Å²) in [6.45, 7) is 2.38. The van der Waals surface area contributed by atoms with E-state index in [2.05, 4.69) is 27.9 Å². The molecule has 0 aliphatic heterocycles. The Bertz CT molecular complexity index is 1310. The van der Waals surface area contributed by atoms with Gasteiger partial charge in [0.25, 0.3) is 11.6 Å². The van der Waals surface area contributed by atoms with Crippen LogP contribution >= 0.6 is 22.6 Å². The molecule has 0 aromatic heterocycles. The van der Waals surface area contributed by atoms with Crippen LogP contribution in [0.2, 0.25) is 0 Å². The van der Waals surface area contributed by atoms with Crippen molar-refractivity contribution in [3.8, 4) is 17.6 Å². The number of nitrogens with one attached hydrogen (secondary N) is 1. The number of nitrogens with zero attached hydrogens (tertiary/aromatic N) is 2. The molecule has 3 aromatic rings. The van der Waals surface area contributed by atoms with Gasteiger partial charge in [0.2, 0.25) is 0 Å². The Labute approximate surface area is 210 Å². The monoisotopic (exact) mass is 569 g/mol. The zero-order valence-corrected chi connectivity index (χ0v) is 20.5. The van der Waals surface area contributed by atoms with Crippen LogP contribution in [0.5, 0.6) is 11.5 Å². The van der Waals surface area contributed by atoms with Gasteiger partial charge < -0.3 is 14.8 Å². The number of hydrogen-bond acceptors (Lipinski definition) is 6. The van der Waals surface area contributed by atoms with Gasteiger partial charge in [-0.1, -0.05) is 30.3 Å². The van der Waals surface area contributed by atoms with Crippen LogP contribution in [0.25, 0.3) is 6.08 Å². The van der Waals surface area contributed by atoms with Gasteiger partial charge in [0.15, 0.2) is 11.5 Å². The minimum absolute atomic E-state index is 0.166. The summed E-state index contributed by atoms with van der Waals surface area (Å²) in [4.78, 5) is 23.0. The number of carbonyl (C=O) groups is 1. The predicted molar refractivity (Wildman–Crippen MR) is 137 cm³/mol. The number of methoxy groups -OCH3 is 1. The first kappa shape index (κ1) is 24.7. The Balaban J connectivity index is 1.83. The molecule has 34 heavy (non-hydrogen) atoms. The molecule has 0 spiro atoms. The van der Waals surface area contributed by atoms with E-state index in [1.54, 1.807) is 12.1 Å². The number of aryl methyl sites for hydroxylation is 1. The second-order valence-electron chi connectivity index (χ2n) is 7.18. The van der Waals surface area contributed by atoms with Crippen LogP contribution in [-0.2, 0) is 11.4 Å². The van der Waals surface area contributed by atoms with Crippen LogP contribution in [0.4, 0.5) is 11.4 Å². The fourth-order valence-corrected chi connectivity index (χ4v) is 3.88. The van der Waals surface area contributed by atoms with Crippen molar-refractivity contribution in [2.24, 2.45) is 0 Å². The third-order valence-electron chi connectivity index (χ3n) is 4.88. The van der Waals surface area contributed by atoms with Crippen molar-refractivity contribution >= 4 is 45.9 Å². The third-order valence-corrected chi connectivity index (χ3v) is 5.68. The Kier molecular flexibility index (Phi) is 8.21. The molecule has 0 heterocycles. The average Bonchev–Trinajstić information content (AvgIpc) is 2.82. The van der Waals surface area contributed by atoms with Crippen molar-refractivity contribution < 1.29 is 19.2 Å². The first-order chi connectivity index (χ1) is 16.3. The van der Waals surface area contributed by atoms with E-state index in [1.165, 1.54) is 37.5 Å². The van der Waals surface area contributed by atoms with Crippen molar-refractivity contribution in [1.82, 2.24) is 0 Å². The number of nitro benzene ring substituents is 1. The maximum Gasteiger partial charge on any atom is 0.271 e. The molecule has 0 unspecified atom stereocenters. The van der Waals surface area contributed by atoms with Gasteiger partial charge in [0, 0.05) is 17.8 Å². The molecule has 1 amide bonds. The predicted octanol–water partition coefficient (Wildman–Crippen LogP) is 5.64. The second kappa shape index (κ2) is 11.3. The average molecular weight is 569 g/mol. The van der Waals surface area contributed by atoms with Gasteiger partial charge >= 0.3 is 0 Å². The molecule has 0 fully saturated rings. The van der Waals surface area contributed by atoms with E-state index in [0.29, 0.717) is 23.7 Å². The first-order valence-electron chi connectivity index (χ1n) is 10.0. The van der Waals surface area contributed by atoms with E-state index < -0.39 is 10.8 Å². The molecular weight excluding hydrogens is 549 g/mol. The van der Waals surface area contributed by atoms with Gasteiger partial charge in [0.05, 0.1) is 15.6 Å². The topological polar surface area (TPSA) is 114 Å². The first-order valence-corrected chi connectivity index (χ1v) is 11.1. The summed E-state index contributed by atoms with van der Waals surface area (Å²) in [5.41, 5.74) is 2.61. The van der Waals surface area contributed by atoms with Crippen LogP contribution in [-0.4, -0.2) is 17.9 Å². The number of hydrogen-bond donors (Lipinski definition) is 1. The van der Waals surface area contributed by atoms with Gasteiger partial charge in [-0.25, -0.2) is 0 Å². The molecule has 0 bridgehead atoms. The fourth-order valence-electron chi connectivity index (χ4n) is 3.10. The summed E-state index contributed by atoms with van der Waals surface area (Å²) >= 11 is 2.11. The van der Waals surface area contributed by atoms with E-state index in [9.17, 15) is 20.2 Å². The quantitative estimate of drug-likeness (QED) is 0.124. The number of nitro groups is 1. The van der Waals surface area contributed by atoms with E-state index in [4.69, 9.17) is 9.47 Å². The third kappa shape index (κ3) is 6.11. The largest absolute Gasteiger partial charge is 0.493 e. The smallest absolute Gasteiger partial charge is 0.271 e. The lowest BCUT2D eigenvalue weighted by Gasteiger charge is -2.15. The lowest BCUT2D eigenvalue weighted by molar-refractivity contribution is -0.384. The number of rotatable bonds is 8. The van der Waals surface area contributed by atoms with Crippen LogP contribution in [0.15, 0.2) is 66.2 Å². The van der Waals surface area contributed by atoms with Gasteiger partial charge in [-0.15, -0.1) is 0 Å². The normalized spacial score (nSPS) is 10.8. The number of amides is 1. The van der Waals surface area contributed by atoms with Gasteiger partial charge in [0.1, 0.15) is 18.2 Å². The molecule has 0 saturated heterocycles. The second-order valence-corrected chi connectivity index (χ2v) is 8.34. The molecule has 0 saturated carbocycles. The number of nitriles is 1. The van der Waals surface area contributed by atoms with Gasteiger partial charge in [-0.2, -0.15) is 5.26 Å². The highest BCUT2D eigenvalue weighted by Gasteiger charge is 2.15. The van der Waals surface area contributed by atoms with Gasteiger partial charge in [-0.05, 0) is 70.5 Å². The summed E-state index contributed by atoms with van der Waals surface area (Å²) in [5, 5.41) is 23.0. The SMILES string of the molecule is COc1cc(/C=C(\C#N)C(=O)Nc2cccc([N+](=O)[O-])c2)cc(I)c1OCc1ccccc1C. The minimum Gasteiger partial charge on any atom is -0.493 e. The Morgan fingerprint density at radius 1 is 1.21 bits per heavy atom. The van der Waals surface area contributed by atoms with Crippen molar-refractivity contribution in [2.45, 2.75) is 13.5 Å². The number of non-ortho nitro benzene ring substituents is 1. The maximum absolute atomic E-state index is 12.6. The fraction of sp³-hybridized carbons (Fsp3) is 0.120. The standard InChI is InChI=1S/C25H20IN3O5/c1-16-6-3-4-7-18(16)15-34-24-22(26)11-17(12-23(24)33-2)10-19(14-27)25(30)28-20-8-5-9-21(13-20)29(31)32/h3-13H,15H2,1-2H3,(H,28,30)/b19-10+. The molecule has 0 atom stereocenters. The number of benzene rings is 3. The van der Waals surface area contributed by atoms with Crippen LogP contribution in [0.3, 0.4) is 0 Å². The number of ether oxygens (including phenoxy) is 2. The highest BCUT2D eigenvalue weighted by atomic mass is 127. The molecular formula is C25H20IN3O5. The van der Waals surface area contributed by atoms with E-state index >= 15 is 0 Å². The Hall–Kier alpha value is -3.91. The van der Waals surface area contributed by atoms with Crippen molar-refractivity contribution in [1.29, 1.82) is 5.26 Å². The maximum atomic E-state index is 12.6. The molecule has 0 aliphatic carbocycles. The summed E-state index contributed by atoms with van der Waals surface area (Å²) in [6, 6.07) is 18.7. The van der Waals surface area contributed by atoms with Crippen molar-refractivity contribution in [3.05, 3.63) is 96.6 Å². The summed E-state index contributed by atoms with van der Waals surface area (Å²) in [7, 11) is 1.51. The minimum atomic E-state index is -0.683. The zero-order valence-electron chi connectivity index (χ0n) is 18.4. The van der Waals surface area contributed by atoms with Crippen LogP contribution in [0, 0.1) is 31.9 Å². The van der Waals surface area contributed by atoms with Crippen LogP contribution in [0.1, 0.15) is 16.7 Å². The number of carbonyl (C=O) groups excluding carboxylic acids is 1. The lowest BCUT2D eigenvalue weighted by Crippen LogP contribution is -2.13. The van der Waals surface area contributed by atoms with E-state index in [-0.39, 0.29) is 16.9 Å². The summed E-state index contributed by atoms with van der Waals surface area (Å²) in [6.07, 6.45) is 1.42. The molecule has 0 radical (unpaired) electrons. The molecule has 3 rings (SSSR count). The highest BCUT2D eigenvalue weighted by Crippen LogP contribution is 2.35. The Morgan fingerprint density at radius 3 is 2.65 bits per heavy atom. The Morgan fingerprint density at radius 2 is 1.97 bits per heavy atom. The molecule has 172 valence electrons. The number of anilines is 1. The zero-order chi connectivity index (χ0) is 24.7. The molecule has 9 heteroatoms. The van der Waals surface area contributed by atoms with Crippen molar-refractivity contribution in [2.75, 3.05) is 12.4 Å². The molecule has 0 aliphatic rings. The van der Waals surface area contributed by atoms with E-state index in [0.717, 1.165) is 14.7 Å². The van der Waals surface area contributed by atoms with Crippen LogP contribution < -0.4 is 14.8 Å². The molecule has 3 aromatic carbocycles. The summed E-state index contributed by atoms with van der Waals surface area (Å²) in [5.74, 6) is 0.336. The van der Waals surface area contributed by atoms with E-state index in [1.807, 2.05) is 37.3 Å². The summed E-state index contributed by atoms with van der Waals surface area (Å²) < 4.78 is 12.2. The van der Waals surface area contributed by atoms with Crippen molar-refractivity contribution in [3.63, 3.8) is 0 Å². The highest BCUT2D eigenvalue weighted by molar-refractivity contribution is 14.1. The number of halogens is 1. The lowest BCUT2D eigenvalue weighted by atomic mass is 10.1. The van der Waals surface area contributed by atoms with Gasteiger partial charge in [-0.3, -0.25) is 14.9 Å². The molecule has 1 N–H and O–H groups in total.